The average molecular weight is 223 g/mol. The fourth-order valence-corrected chi connectivity index (χ4v) is 1.62. The first-order chi connectivity index (χ1) is 7.61. The smallest absolute Gasteiger partial charge is 0.197 e. The Morgan fingerprint density at radius 1 is 1.56 bits per heavy atom. The number of hydrogen-bond acceptors (Lipinski definition) is 3. The van der Waals surface area contributed by atoms with Gasteiger partial charge in [-0.3, -0.25) is 9.48 Å². The van der Waals surface area contributed by atoms with E-state index < -0.39 is 6.04 Å². The lowest BCUT2D eigenvalue weighted by molar-refractivity contribution is 0.0924. The van der Waals surface area contributed by atoms with Gasteiger partial charge in [-0.25, -0.2) is 0 Å². The summed E-state index contributed by atoms with van der Waals surface area (Å²) in [6, 6.07) is 1.33. The van der Waals surface area contributed by atoms with Crippen LogP contribution in [0.5, 0.6) is 0 Å². The fourth-order valence-electron chi connectivity index (χ4n) is 1.62. The molecule has 1 rings (SSSR count). The first-order valence-corrected chi connectivity index (χ1v) is 5.93. The molecule has 0 aliphatic heterocycles. The van der Waals surface area contributed by atoms with Gasteiger partial charge in [0.25, 0.3) is 0 Å². The average Bonchev–Trinajstić information content (AvgIpc) is 2.74. The van der Waals surface area contributed by atoms with E-state index in [1.165, 1.54) is 0 Å². The monoisotopic (exact) mass is 223 g/mol. The summed E-state index contributed by atoms with van der Waals surface area (Å²) in [6.07, 6.45) is 3.53. The maximum absolute atomic E-state index is 12.1. The van der Waals surface area contributed by atoms with Crippen LogP contribution in [0.3, 0.4) is 0 Å². The van der Waals surface area contributed by atoms with Crippen LogP contribution in [0, 0.1) is 5.92 Å². The highest BCUT2D eigenvalue weighted by atomic mass is 16.1. The molecule has 1 aromatic heterocycles. The van der Waals surface area contributed by atoms with E-state index in [0.717, 1.165) is 19.4 Å². The highest BCUT2D eigenvalue weighted by molar-refractivity contribution is 5.98. The maximum atomic E-state index is 12.1. The van der Waals surface area contributed by atoms with Gasteiger partial charge in [0.15, 0.2) is 5.78 Å². The molecule has 0 bridgehead atoms. The quantitative estimate of drug-likeness (QED) is 0.749. The first kappa shape index (κ1) is 12.9. The summed E-state index contributed by atoms with van der Waals surface area (Å²) >= 11 is 0. The lowest BCUT2D eigenvalue weighted by Gasteiger charge is -2.17. The Morgan fingerprint density at radius 2 is 2.25 bits per heavy atom. The lowest BCUT2D eigenvalue weighted by atomic mass is 9.95. The van der Waals surface area contributed by atoms with E-state index in [4.69, 9.17) is 5.73 Å². The van der Waals surface area contributed by atoms with Gasteiger partial charge in [0.1, 0.15) is 5.69 Å². The van der Waals surface area contributed by atoms with E-state index in [0.29, 0.717) is 5.69 Å². The SMILES string of the molecule is CCCn1nccc1C(=O)C(N)C(C)CC. The van der Waals surface area contributed by atoms with Crippen molar-refractivity contribution >= 4 is 5.78 Å². The Kier molecular flexibility index (Phi) is 4.68. The Labute approximate surface area is 96.8 Å². The molecular weight excluding hydrogens is 202 g/mol. The molecule has 0 fully saturated rings. The Morgan fingerprint density at radius 3 is 2.81 bits per heavy atom. The predicted octanol–water partition coefficient (Wildman–Crippen LogP) is 1.85. The standard InChI is InChI=1S/C12H21N3O/c1-4-8-15-10(6-7-14-15)12(16)11(13)9(3)5-2/h6-7,9,11H,4-5,8,13H2,1-3H3. The van der Waals surface area contributed by atoms with Gasteiger partial charge in [0.05, 0.1) is 6.04 Å². The molecule has 2 N–H and O–H groups in total. The van der Waals surface area contributed by atoms with Gasteiger partial charge in [-0.1, -0.05) is 27.2 Å². The summed E-state index contributed by atoms with van der Waals surface area (Å²) in [4.78, 5) is 12.1. The molecule has 0 saturated heterocycles. The van der Waals surface area contributed by atoms with E-state index in [9.17, 15) is 4.79 Å². The van der Waals surface area contributed by atoms with E-state index in [2.05, 4.69) is 12.0 Å². The van der Waals surface area contributed by atoms with Crippen LogP contribution >= 0.6 is 0 Å². The van der Waals surface area contributed by atoms with Crippen molar-refractivity contribution in [2.75, 3.05) is 0 Å². The molecule has 0 spiro atoms. The Hall–Kier alpha value is -1.16. The van der Waals surface area contributed by atoms with Gasteiger partial charge in [0.2, 0.25) is 0 Å². The second-order valence-electron chi connectivity index (χ2n) is 4.22. The van der Waals surface area contributed by atoms with Crippen LogP contribution in [0.4, 0.5) is 0 Å². The van der Waals surface area contributed by atoms with E-state index in [1.807, 2.05) is 13.8 Å². The molecule has 1 heterocycles. The van der Waals surface area contributed by atoms with Crippen LogP contribution in [-0.4, -0.2) is 21.6 Å². The van der Waals surface area contributed by atoms with Gasteiger partial charge >= 0.3 is 0 Å². The second kappa shape index (κ2) is 5.80. The van der Waals surface area contributed by atoms with Crippen molar-refractivity contribution < 1.29 is 4.79 Å². The van der Waals surface area contributed by atoms with E-state index in [-0.39, 0.29) is 11.7 Å². The fraction of sp³-hybridized carbons (Fsp3) is 0.667. The molecule has 4 nitrogen and oxygen atoms in total. The van der Waals surface area contributed by atoms with Crippen molar-refractivity contribution in [3.63, 3.8) is 0 Å². The minimum Gasteiger partial charge on any atom is -0.321 e. The molecule has 1 aromatic rings. The third kappa shape index (κ3) is 2.70. The number of Topliss-reactive ketones (excluding diaryl/α,β-unsaturated/α-hetero) is 1. The zero-order valence-corrected chi connectivity index (χ0v) is 10.3. The van der Waals surface area contributed by atoms with E-state index >= 15 is 0 Å². The van der Waals surface area contributed by atoms with Crippen LogP contribution in [0.25, 0.3) is 0 Å². The van der Waals surface area contributed by atoms with Crippen molar-refractivity contribution in [2.45, 2.75) is 46.2 Å². The van der Waals surface area contributed by atoms with Crippen LogP contribution in [0.2, 0.25) is 0 Å². The van der Waals surface area contributed by atoms with Crippen molar-refractivity contribution in [2.24, 2.45) is 11.7 Å². The Balaban J connectivity index is 2.83. The molecule has 0 aliphatic rings. The third-order valence-electron chi connectivity index (χ3n) is 2.96. The largest absolute Gasteiger partial charge is 0.321 e. The predicted molar refractivity (Wildman–Crippen MR) is 64.3 cm³/mol. The number of carbonyl (C=O) groups excluding carboxylic acids is 1. The summed E-state index contributed by atoms with van der Waals surface area (Å²) in [5.74, 6) is 0.206. The Bertz CT molecular complexity index is 346. The molecule has 0 saturated carbocycles. The zero-order chi connectivity index (χ0) is 12.1. The molecule has 90 valence electrons. The van der Waals surface area contributed by atoms with Crippen molar-refractivity contribution in [1.82, 2.24) is 9.78 Å². The van der Waals surface area contributed by atoms with Gasteiger partial charge in [-0.2, -0.15) is 5.10 Å². The number of carbonyl (C=O) groups is 1. The first-order valence-electron chi connectivity index (χ1n) is 5.93. The maximum Gasteiger partial charge on any atom is 0.197 e. The molecule has 2 unspecified atom stereocenters. The van der Waals surface area contributed by atoms with Crippen molar-refractivity contribution in [3.8, 4) is 0 Å². The molecule has 2 atom stereocenters. The van der Waals surface area contributed by atoms with Crippen LogP contribution in [0.1, 0.15) is 44.1 Å². The number of rotatable bonds is 6. The minimum atomic E-state index is -0.419. The third-order valence-corrected chi connectivity index (χ3v) is 2.96. The molecule has 4 heteroatoms. The molecule has 0 radical (unpaired) electrons. The number of aryl methyl sites for hydroxylation is 1. The molecular formula is C12H21N3O. The van der Waals surface area contributed by atoms with Crippen molar-refractivity contribution in [1.29, 1.82) is 0 Å². The topological polar surface area (TPSA) is 60.9 Å². The summed E-state index contributed by atoms with van der Waals surface area (Å²) in [5.41, 5.74) is 6.57. The summed E-state index contributed by atoms with van der Waals surface area (Å²) in [5, 5.41) is 4.13. The molecule has 0 amide bonds. The number of nitrogens with two attached hydrogens (primary N) is 1. The molecule has 0 aromatic carbocycles. The van der Waals surface area contributed by atoms with Crippen LogP contribution in [0.15, 0.2) is 12.3 Å². The number of nitrogens with zero attached hydrogens (tertiary/aromatic N) is 2. The highest BCUT2D eigenvalue weighted by Crippen LogP contribution is 2.12. The molecule has 16 heavy (non-hydrogen) atoms. The second-order valence-corrected chi connectivity index (χ2v) is 4.22. The van der Waals surface area contributed by atoms with Crippen molar-refractivity contribution in [3.05, 3.63) is 18.0 Å². The summed E-state index contributed by atoms with van der Waals surface area (Å²) in [7, 11) is 0. The van der Waals surface area contributed by atoms with Gasteiger partial charge < -0.3 is 5.73 Å². The minimum absolute atomic E-state index is 0.000278. The summed E-state index contributed by atoms with van der Waals surface area (Å²) < 4.78 is 1.74. The summed E-state index contributed by atoms with van der Waals surface area (Å²) in [6.45, 7) is 6.87. The number of aromatic nitrogens is 2. The zero-order valence-electron chi connectivity index (χ0n) is 10.3. The number of ketones is 1. The molecule has 0 aliphatic carbocycles. The number of hydrogen-bond donors (Lipinski definition) is 1. The van der Waals surface area contributed by atoms with Gasteiger partial charge in [0, 0.05) is 12.7 Å². The van der Waals surface area contributed by atoms with E-state index in [1.54, 1.807) is 16.9 Å². The lowest BCUT2D eigenvalue weighted by Crippen LogP contribution is -2.37. The normalized spacial score (nSPS) is 14.8. The van der Waals surface area contributed by atoms with Crippen LogP contribution < -0.4 is 5.73 Å². The van der Waals surface area contributed by atoms with Crippen LogP contribution in [-0.2, 0) is 6.54 Å². The van der Waals surface area contributed by atoms with Gasteiger partial charge in [-0.15, -0.1) is 0 Å². The highest BCUT2D eigenvalue weighted by Gasteiger charge is 2.23. The van der Waals surface area contributed by atoms with Gasteiger partial charge in [-0.05, 0) is 18.4 Å².